The predicted molar refractivity (Wildman–Crippen MR) is 51.4 cm³/mol. The topological polar surface area (TPSA) is 40.5 Å². The number of hydrogen-bond acceptors (Lipinski definition) is 2. The quantitative estimate of drug-likeness (QED) is 0.603. The highest BCUT2D eigenvalue weighted by molar-refractivity contribution is 4.75. The second kappa shape index (κ2) is 7.12. The van der Waals surface area contributed by atoms with Gasteiger partial charge in [-0.2, -0.15) is 0 Å². The van der Waals surface area contributed by atoms with Crippen LogP contribution < -0.4 is 0 Å². The summed E-state index contributed by atoms with van der Waals surface area (Å²) < 4.78 is 25.8. The molecular weight excluding hydrogens is 190 g/mol. The SMILES string of the molecule is CCCCCC[C@@H](CO)C(F)(F)CO. The van der Waals surface area contributed by atoms with E-state index in [1.165, 1.54) is 0 Å². The van der Waals surface area contributed by atoms with E-state index >= 15 is 0 Å². The average Bonchev–Trinajstić information content (AvgIpc) is 2.17. The van der Waals surface area contributed by atoms with Gasteiger partial charge >= 0.3 is 0 Å². The van der Waals surface area contributed by atoms with Crippen LogP contribution in [0.15, 0.2) is 0 Å². The minimum absolute atomic E-state index is 0.282. The van der Waals surface area contributed by atoms with Gasteiger partial charge in [0.25, 0.3) is 5.92 Å². The highest BCUT2D eigenvalue weighted by Gasteiger charge is 2.37. The maximum atomic E-state index is 12.9. The second-order valence-electron chi connectivity index (χ2n) is 3.65. The molecule has 0 rings (SSSR count). The molecular formula is C10H20F2O2. The van der Waals surface area contributed by atoms with Crippen LogP contribution in [0.5, 0.6) is 0 Å². The molecule has 0 saturated carbocycles. The lowest BCUT2D eigenvalue weighted by atomic mass is 9.95. The largest absolute Gasteiger partial charge is 0.396 e. The number of halogens is 2. The van der Waals surface area contributed by atoms with Crippen molar-refractivity contribution < 1.29 is 19.0 Å². The number of aliphatic hydroxyl groups is 2. The molecule has 0 aliphatic rings. The predicted octanol–water partition coefficient (Wildman–Crippen LogP) is 2.19. The van der Waals surface area contributed by atoms with E-state index in [4.69, 9.17) is 10.2 Å². The number of unbranched alkanes of at least 4 members (excludes halogenated alkanes) is 3. The molecule has 2 N–H and O–H groups in total. The standard InChI is InChI=1S/C10H20F2O2/c1-2-3-4-5-6-9(7-13)10(11,12)8-14/h9,13-14H,2-8H2,1H3/t9-/m0/s1. The molecule has 0 aromatic rings. The summed E-state index contributed by atoms with van der Waals surface area (Å²) in [5.74, 6) is -4.23. The molecule has 0 unspecified atom stereocenters. The van der Waals surface area contributed by atoms with Crippen LogP contribution in [0.4, 0.5) is 8.78 Å². The Labute approximate surface area is 83.9 Å². The zero-order chi connectivity index (χ0) is 11.0. The smallest absolute Gasteiger partial charge is 0.275 e. The lowest BCUT2D eigenvalue weighted by molar-refractivity contribution is -0.113. The summed E-state index contributed by atoms with van der Waals surface area (Å²) in [6, 6.07) is 0. The van der Waals surface area contributed by atoms with Crippen LogP contribution in [0.2, 0.25) is 0 Å². The van der Waals surface area contributed by atoms with Gasteiger partial charge in [-0.25, -0.2) is 8.78 Å². The van der Waals surface area contributed by atoms with Crippen molar-refractivity contribution in [1.29, 1.82) is 0 Å². The van der Waals surface area contributed by atoms with Crippen LogP contribution in [0.3, 0.4) is 0 Å². The zero-order valence-corrected chi connectivity index (χ0v) is 8.68. The van der Waals surface area contributed by atoms with E-state index in [1.54, 1.807) is 0 Å². The van der Waals surface area contributed by atoms with Crippen LogP contribution in [0, 0.1) is 5.92 Å². The first-order valence-corrected chi connectivity index (χ1v) is 5.18. The van der Waals surface area contributed by atoms with Crippen molar-refractivity contribution in [2.45, 2.75) is 45.0 Å². The molecule has 0 radical (unpaired) electrons. The Balaban J connectivity index is 3.79. The first-order valence-electron chi connectivity index (χ1n) is 5.18. The summed E-state index contributed by atoms with van der Waals surface area (Å²) in [5, 5.41) is 17.2. The van der Waals surface area contributed by atoms with Crippen molar-refractivity contribution >= 4 is 0 Å². The molecule has 0 spiro atoms. The van der Waals surface area contributed by atoms with E-state index < -0.39 is 25.1 Å². The molecule has 0 aliphatic heterocycles. The lowest BCUT2D eigenvalue weighted by Crippen LogP contribution is -2.34. The first-order chi connectivity index (χ1) is 6.58. The lowest BCUT2D eigenvalue weighted by Gasteiger charge is -2.23. The molecule has 14 heavy (non-hydrogen) atoms. The van der Waals surface area contributed by atoms with Gasteiger partial charge in [0.05, 0.1) is 6.61 Å². The maximum absolute atomic E-state index is 12.9. The van der Waals surface area contributed by atoms with Crippen molar-refractivity contribution in [3.63, 3.8) is 0 Å². The Morgan fingerprint density at radius 1 is 1.14 bits per heavy atom. The van der Waals surface area contributed by atoms with Crippen LogP contribution in [-0.2, 0) is 0 Å². The first kappa shape index (κ1) is 13.8. The summed E-state index contributed by atoms with van der Waals surface area (Å²) in [6.45, 7) is 0.317. The molecule has 0 fully saturated rings. The number of alkyl halides is 2. The number of aliphatic hydroxyl groups excluding tert-OH is 2. The van der Waals surface area contributed by atoms with Crippen LogP contribution >= 0.6 is 0 Å². The van der Waals surface area contributed by atoms with Gasteiger partial charge in [-0.1, -0.05) is 32.6 Å². The van der Waals surface area contributed by atoms with Crippen molar-refractivity contribution in [1.82, 2.24) is 0 Å². The number of rotatable bonds is 8. The van der Waals surface area contributed by atoms with Gasteiger partial charge in [-0.05, 0) is 6.42 Å². The monoisotopic (exact) mass is 210 g/mol. The molecule has 0 aromatic heterocycles. The van der Waals surface area contributed by atoms with Crippen molar-refractivity contribution in [2.24, 2.45) is 5.92 Å². The van der Waals surface area contributed by atoms with E-state index in [2.05, 4.69) is 0 Å². The van der Waals surface area contributed by atoms with Crippen LogP contribution in [0.25, 0.3) is 0 Å². The van der Waals surface area contributed by atoms with Crippen molar-refractivity contribution in [2.75, 3.05) is 13.2 Å². The Morgan fingerprint density at radius 3 is 2.21 bits per heavy atom. The van der Waals surface area contributed by atoms with E-state index in [1.807, 2.05) is 6.92 Å². The highest BCUT2D eigenvalue weighted by Crippen LogP contribution is 2.28. The number of hydrogen-bond donors (Lipinski definition) is 2. The molecule has 0 bridgehead atoms. The fourth-order valence-electron chi connectivity index (χ4n) is 1.38. The minimum atomic E-state index is -3.14. The van der Waals surface area contributed by atoms with Gasteiger partial charge in [-0.3, -0.25) is 0 Å². The normalized spacial score (nSPS) is 14.4. The fourth-order valence-corrected chi connectivity index (χ4v) is 1.38. The zero-order valence-electron chi connectivity index (χ0n) is 8.68. The summed E-state index contributed by atoms with van der Waals surface area (Å²) in [6.07, 6.45) is 3.97. The third-order valence-corrected chi connectivity index (χ3v) is 2.43. The maximum Gasteiger partial charge on any atom is 0.275 e. The Morgan fingerprint density at radius 2 is 1.79 bits per heavy atom. The third-order valence-electron chi connectivity index (χ3n) is 2.43. The van der Waals surface area contributed by atoms with Gasteiger partial charge in [0.2, 0.25) is 0 Å². The van der Waals surface area contributed by atoms with Gasteiger partial charge in [0.1, 0.15) is 6.61 Å². The van der Waals surface area contributed by atoms with Crippen LogP contribution in [-0.4, -0.2) is 29.3 Å². The summed E-state index contributed by atoms with van der Waals surface area (Å²) in [7, 11) is 0. The third kappa shape index (κ3) is 4.86. The molecule has 0 heterocycles. The Bertz CT molecular complexity index is 140. The Kier molecular flexibility index (Phi) is 7.01. The summed E-state index contributed by atoms with van der Waals surface area (Å²) >= 11 is 0. The molecule has 1 atom stereocenters. The van der Waals surface area contributed by atoms with E-state index in [-0.39, 0.29) is 6.42 Å². The Hall–Kier alpha value is -0.220. The second-order valence-corrected chi connectivity index (χ2v) is 3.65. The highest BCUT2D eigenvalue weighted by atomic mass is 19.3. The molecule has 4 heteroatoms. The molecule has 86 valence electrons. The average molecular weight is 210 g/mol. The van der Waals surface area contributed by atoms with E-state index in [0.717, 1.165) is 19.3 Å². The summed E-state index contributed by atoms with van der Waals surface area (Å²) in [4.78, 5) is 0. The van der Waals surface area contributed by atoms with Gasteiger partial charge in [0, 0.05) is 5.92 Å². The van der Waals surface area contributed by atoms with Gasteiger partial charge in [-0.15, -0.1) is 0 Å². The van der Waals surface area contributed by atoms with Gasteiger partial charge in [0.15, 0.2) is 0 Å². The molecule has 0 saturated heterocycles. The minimum Gasteiger partial charge on any atom is -0.396 e. The summed E-state index contributed by atoms with van der Waals surface area (Å²) in [5.41, 5.74) is 0. The van der Waals surface area contributed by atoms with Crippen molar-refractivity contribution in [3.05, 3.63) is 0 Å². The van der Waals surface area contributed by atoms with Crippen molar-refractivity contribution in [3.8, 4) is 0 Å². The molecule has 2 nitrogen and oxygen atoms in total. The molecule has 0 aromatic carbocycles. The van der Waals surface area contributed by atoms with Crippen LogP contribution in [0.1, 0.15) is 39.0 Å². The fraction of sp³-hybridized carbons (Fsp3) is 1.00. The van der Waals surface area contributed by atoms with E-state index in [0.29, 0.717) is 6.42 Å². The van der Waals surface area contributed by atoms with E-state index in [9.17, 15) is 8.78 Å². The molecule has 0 amide bonds. The van der Waals surface area contributed by atoms with Gasteiger partial charge < -0.3 is 10.2 Å². The molecule has 0 aliphatic carbocycles.